The highest BCUT2D eigenvalue weighted by molar-refractivity contribution is 5.83. The summed E-state index contributed by atoms with van der Waals surface area (Å²) in [7, 11) is 0. The van der Waals surface area contributed by atoms with Crippen LogP contribution in [0.15, 0.2) is 24.3 Å². The minimum absolute atomic E-state index is 0.242. The van der Waals surface area contributed by atoms with E-state index in [1.165, 1.54) is 12.1 Å². The topological polar surface area (TPSA) is 66.8 Å². The number of hydrogen-bond acceptors (Lipinski definition) is 3. The second-order valence-electron chi connectivity index (χ2n) is 5.87. The van der Waals surface area contributed by atoms with Gasteiger partial charge < -0.3 is 14.9 Å². The van der Waals surface area contributed by atoms with Crippen LogP contribution in [0.25, 0.3) is 0 Å². The molecule has 2 rings (SSSR count). The first-order valence-electron chi connectivity index (χ1n) is 7.47. The SMILES string of the molecule is CCC1(O)CCCCC1(C(=O)O)c1ccc(OC(F)(F)F)cc1. The Bertz CT molecular complexity index is 570. The zero-order chi connectivity index (χ0) is 17.3. The lowest BCUT2D eigenvalue weighted by Crippen LogP contribution is -2.58. The highest BCUT2D eigenvalue weighted by atomic mass is 19.4. The summed E-state index contributed by atoms with van der Waals surface area (Å²) >= 11 is 0. The van der Waals surface area contributed by atoms with Gasteiger partial charge in [0.1, 0.15) is 11.2 Å². The second-order valence-corrected chi connectivity index (χ2v) is 5.87. The number of carboxylic acids is 1. The van der Waals surface area contributed by atoms with Gasteiger partial charge in [0.15, 0.2) is 0 Å². The summed E-state index contributed by atoms with van der Waals surface area (Å²) in [6, 6.07) is 4.75. The number of rotatable bonds is 4. The van der Waals surface area contributed by atoms with Crippen molar-refractivity contribution in [3.63, 3.8) is 0 Å². The Balaban J connectivity index is 2.44. The highest BCUT2D eigenvalue weighted by Gasteiger charge is 2.57. The van der Waals surface area contributed by atoms with Gasteiger partial charge in [0.25, 0.3) is 0 Å². The first-order chi connectivity index (χ1) is 10.6. The fourth-order valence-corrected chi connectivity index (χ4v) is 3.52. The minimum atomic E-state index is -4.80. The van der Waals surface area contributed by atoms with Crippen LogP contribution in [0.1, 0.15) is 44.6 Å². The zero-order valence-corrected chi connectivity index (χ0v) is 12.7. The summed E-state index contributed by atoms with van der Waals surface area (Å²) in [5.41, 5.74) is -2.65. The molecule has 0 bridgehead atoms. The molecule has 1 aliphatic carbocycles. The highest BCUT2D eigenvalue weighted by Crippen LogP contribution is 2.48. The molecule has 1 aliphatic rings. The lowest BCUT2D eigenvalue weighted by molar-refractivity contribution is -0.274. The number of alkyl halides is 3. The Morgan fingerprint density at radius 2 is 1.78 bits per heavy atom. The molecule has 2 unspecified atom stereocenters. The molecule has 0 spiro atoms. The van der Waals surface area contributed by atoms with Gasteiger partial charge in [0.2, 0.25) is 0 Å². The van der Waals surface area contributed by atoms with E-state index in [1.54, 1.807) is 6.92 Å². The van der Waals surface area contributed by atoms with Crippen molar-refractivity contribution in [2.75, 3.05) is 0 Å². The first kappa shape index (κ1) is 17.6. The zero-order valence-electron chi connectivity index (χ0n) is 12.7. The maximum Gasteiger partial charge on any atom is 0.573 e. The molecule has 7 heteroatoms. The number of ether oxygens (including phenoxy) is 1. The number of halogens is 3. The molecule has 0 aromatic heterocycles. The van der Waals surface area contributed by atoms with Crippen LogP contribution in [-0.2, 0) is 10.2 Å². The van der Waals surface area contributed by atoms with Crippen LogP contribution >= 0.6 is 0 Å². The molecule has 0 amide bonds. The average molecular weight is 332 g/mol. The van der Waals surface area contributed by atoms with Crippen molar-refractivity contribution in [1.82, 2.24) is 0 Å². The van der Waals surface area contributed by atoms with E-state index in [0.29, 0.717) is 24.8 Å². The van der Waals surface area contributed by atoms with Gasteiger partial charge in [-0.2, -0.15) is 0 Å². The quantitative estimate of drug-likeness (QED) is 0.884. The predicted molar refractivity (Wildman–Crippen MR) is 76.1 cm³/mol. The van der Waals surface area contributed by atoms with Crippen molar-refractivity contribution in [3.05, 3.63) is 29.8 Å². The maximum atomic E-state index is 12.2. The number of benzene rings is 1. The molecule has 2 N–H and O–H groups in total. The van der Waals surface area contributed by atoms with Crippen LogP contribution in [0.5, 0.6) is 5.75 Å². The van der Waals surface area contributed by atoms with Gasteiger partial charge in [-0.1, -0.05) is 31.9 Å². The average Bonchev–Trinajstić information content (AvgIpc) is 2.47. The minimum Gasteiger partial charge on any atom is -0.480 e. The van der Waals surface area contributed by atoms with Gasteiger partial charge >= 0.3 is 12.3 Å². The van der Waals surface area contributed by atoms with Crippen LogP contribution in [0.3, 0.4) is 0 Å². The van der Waals surface area contributed by atoms with Crippen molar-refractivity contribution < 1.29 is 32.9 Å². The Morgan fingerprint density at radius 1 is 1.22 bits per heavy atom. The third-order valence-corrected chi connectivity index (χ3v) is 4.72. The predicted octanol–water partition coefficient (Wildman–Crippen LogP) is 3.62. The lowest BCUT2D eigenvalue weighted by Gasteiger charge is -2.47. The van der Waals surface area contributed by atoms with E-state index < -0.39 is 29.1 Å². The molecule has 1 aromatic rings. The number of hydrogen-bond donors (Lipinski definition) is 2. The van der Waals surface area contributed by atoms with Crippen LogP contribution in [0.2, 0.25) is 0 Å². The molecule has 0 heterocycles. The molecule has 0 saturated heterocycles. The van der Waals surface area contributed by atoms with Gasteiger partial charge in [-0.05, 0) is 37.0 Å². The number of carbonyl (C=O) groups is 1. The summed E-state index contributed by atoms with van der Waals surface area (Å²) in [4.78, 5) is 12.0. The fraction of sp³-hybridized carbons (Fsp3) is 0.562. The van der Waals surface area contributed by atoms with E-state index in [4.69, 9.17) is 0 Å². The largest absolute Gasteiger partial charge is 0.573 e. The van der Waals surface area contributed by atoms with Gasteiger partial charge in [-0.25, -0.2) is 0 Å². The monoisotopic (exact) mass is 332 g/mol. The summed E-state index contributed by atoms with van der Waals surface area (Å²) in [5.74, 6) is -1.58. The standard InChI is InChI=1S/C16H19F3O4/c1-2-14(22)9-3-4-10-15(14,13(20)21)11-5-7-12(8-6-11)23-16(17,18)19/h5-8,22H,2-4,9-10H2,1H3,(H,20,21). The first-order valence-corrected chi connectivity index (χ1v) is 7.47. The summed E-state index contributed by atoms with van der Waals surface area (Å²) < 4.78 is 40.5. The van der Waals surface area contributed by atoms with Crippen LogP contribution in [0.4, 0.5) is 13.2 Å². The van der Waals surface area contributed by atoms with E-state index in [1.807, 2.05) is 0 Å². The third-order valence-electron chi connectivity index (χ3n) is 4.72. The number of carboxylic acid groups (broad SMARTS) is 1. The van der Waals surface area contributed by atoms with E-state index in [-0.39, 0.29) is 12.8 Å². The van der Waals surface area contributed by atoms with Gasteiger partial charge in [0.05, 0.1) is 5.60 Å². The Hall–Kier alpha value is -1.76. The molecule has 0 radical (unpaired) electrons. The van der Waals surface area contributed by atoms with Crippen molar-refractivity contribution >= 4 is 5.97 Å². The van der Waals surface area contributed by atoms with E-state index in [0.717, 1.165) is 12.1 Å². The molecule has 4 nitrogen and oxygen atoms in total. The Morgan fingerprint density at radius 3 is 2.26 bits per heavy atom. The summed E-state index contributed by atoms with van der Waals surface area (Å²) in [5, 5.41) is 20.7. The molecule has 128 valence electrons. The smallest absolute Gasteiger partial charge is 0.480 e. The number of aliphatic carboxylic acids is 1. The van der Waals surface area contributed by atoms with Crippen LogP contribution in [-0.4, -0.2) is 28.1 Å². The number of aliphatic hydroxyl groups is 1. The van der Waals surface area contributed by atoms with E-state index >= 15 is 0 Å². The molecule has 1 saturated carbocycles. The fourth-order valence-electron chi connectivity index (χ4n) is 3.52. The normalized spacial score (nSPS) is 28.4. The van der Waals surface area contributed by atoms with E-state index in [2.05, 4.69) is 4.74 Å². The molecule has 23 heavy (non-hydrogen) atoms. The third kappa shape index (κ3) is 3.15. The molecular formula is C16H19F3O4. The van der Waals surface area contributed by atoms with Gasteiger partial charge in [-0.15, -0.1) is 13.2 Å². The van der Waals surface area contributed by atoms with Crippen molar-refractivity contribution in [1.29, 1.82) is 0 Å². The van der Waals surface area contributed by atoms with Gasteiger partial charge in [-0.3, -0.25) is 4.79 Å². The summed E-state index contributed by atoms with van der Waals surface area (Å²) in [6.45, 7) is 1.71. The lowest BCUT2D eigenvalue weighted by atomic mass is 9.58. The van der Waals surface area contributed by atoms with Crippen molar-refractivity contribution in [2.45, 2.75) is 56.4 Å². The molecular weight excluding hydrogens is 313 g/mol. The Kier molecular flexibility index (Phi) is 4.61. The molecule has 2 atom stereocenters. The van der Waals surface area contributed by atoms with Crippen LogP contribution < -0.4 is 4.74 Å². The van der Waals surface area contributed by atoms with Gasteiger partial charge in [0, 0.05) is 0 Å². The van der Waals surface area contributed by atoms with Crippen LogP contribution in [0, 0.1) is 0 Å². The maximum absolute atomic E-state index is 12.2. The second kappa shape index (κ2) is 6.03. The molecule has 1 fully saturated rings. The van der Waals surface area contributed by atoms with E-state index in [9.17, 15) is 28.2 Å². The molecule has 1 aromatic carbocycles. The summed E-state index contributed by atoms with van der Waals surface area (Å²) in [6.07, 6.45) is -2.62. The Labute approximate surface area is 131 Å². The molecule has 0 aliphatic heterocycles. The van der Waals surface area contributed by atoms with Crippen molar-refractivity contribution in [3.8, 4) is 5.75 Å². The van der Waals surface area contributed by atoms with Crippen molar-refractivity contribution in [2.24, 2.45) is 0 Å².